The Bertz CT molecular complexity index is 1040. The van der Waals surface area contributed by atoms with Gasteiger partial charge < -0.3 is 21.3 Å². The zero-order valence-electron chi connectivity index (χ0n) is 15.1. The number of aromatic nitrogens is 3. The van der Waals surface area contributed by atoms with Crippen LogP contribution < -0.4 is 21.3 Å². The highest BCUT2D eigenvalue weighted by Crippen LogP contribution is 2.29. The van der Waals surface area contributed by atoms with Crippen LogP contribution in [0.3, 0.4) is 0 Å². The van der Waals surface area contributed by atoms with Crippen molar-refractivity contribution in [1.29, 1.82) is 0 Å². The van der Waals surface area contributed by atoms with Gasteiger partial charge in [0.1, 0.15) is 5.02 Å². The summed E-state index contributed by atoms with van der Waals surface area (Å²) in [5.74, 6) is 0.906. The van der Waals surface area contributed by atoms with Gasteiger partial charge in [0.15, 0.2) is 5.82 Å². The summed E-state index contributed by atoms with van der Waals surface area (Å²) >= 11 is 6.26. The van der Waals surface area contributed by atoms with Crippen molar-refractivity contribution in [3.8, 4) is 0 Å². The molecule has 2 aromatic heterocycles. The summed E-state index contributed by atoms with van der Waals surface area (Å²) in [5.41, 5.74) is 4.39. The number of halogens is 1. The molecule has 28 heavy (non-hydrogen) atoms. The van der Waals surface area contributed by atoms with Crippen molar-refractivity contribution >= 4 is 46.5 Å². The van der Waals surface area contributed by atoms with Crippen LogP contribution in [0.15, 0.2) is 42.9 Å². The van der Waals surface area contributed by atoms with E-state index in [4.69, 9.17) is 11.6 Å². The number of pyridine rings is 1. The molecule has 0 spiro atoms. The first-order valence-corrected chi connectivity index (χ1v) is 9.11. The smallest absolute Gasteiger partial charge is 0.318 e. The van der Waals surface area contributed by atoms with Crippen LogP contribution in [0.1, 0.15) is 11.1 Å². The number of amides is 2. The Morgan fingerprint density at radius 2 is 2.00 bits per heavy atom. The Balaban J connectivity index is 1.79. The molecule has 1 aliphatic rings. The van der Waals surface area contributed by atoms with Gasteiger partial charge in [0.25, 0.3) is 0 Å². The number of urea groups is 1. The Labute approximate surface area is 166 Å². The first-order valence-electron chi connectivity index (χ1n) is 8.73. The lowest BCUT2D eigenvalue weighted by Gasteiger charge is -2.14. The number of nitrogens with zero attached hydrogens (tertiary/aromatic N) is 3. The molecule has 0 saturated carbocycles. The van der Waals surface area contributed by atoms with Gasteiger partial charge in [-0.15, -0.1) is 0 Å². The predicted molar refractivity (Wildman–Crippen MR) is 110 cm³/mol. The van der Waals surface area contributed by atoms with Crippen LogP contribution in [0.5, 0.6) is 0 Å². The molecule has 8 nitrogen and oxygen atoms in total. The molecule has 9 heteroatoms. The van der Waals surface area contributed by atoms with Crippen LogP contribution in [-0.4, -0.2) is 28.0 Å². The average Bonchev–Trinajstić information content (AvgIpc) is 2.70. The Morgan fingerprint density at radius 1 is 1.11 bits per heavy atom. The van der Waals surface area contributed by atoms with Crippen molar-refractivity contribution in [1.82, 2.24) is 20.3 Å². The fourth-order valence-electron chi connectivity index (χ4n) is 2.94. The molecule has 2 amide bonds. The quantitative estimate of drug-likeness (QED) is 0.498. The molecule has 0 fully saturated rings. The van der Waals surface area contributed by atoms with Crippen molar-refractivity contribution in [2.24, 2.45) is 0 Å². The van der Waals surface area contributed by atoms with Gasteiger partial charge in [0.2, 0.25) is 5.95 Å². The van der Waals surface area contributed by atoms with E-state index < -0.39 is 0 Å². The second kappa shape index (κ2) is 7.69. The fourth-order valence-corrected chi connectivity index (χ4v) is 3.08. The van der Waals surface area contributed by atoms with Gasteiger partial charge in [-0.1, -0.05) is 11.6 Å². The van der Waals surface area contributed by atoms with Gasteiger partial charge >= 0.3 is 6.03 Å². The lowest BCUT2D eigenvalue weighted by atomic mass is 10.0. The Kier molecular flexibility index (Phi) is 4.94. The normalized spacial score (nSPS) is 12.4. The number of hydrogen-bond donors (Lipinski definition) is 4. The molecule has 4 rings (SSSR count). The summed E-state index contributed by atoms with van der Waals surface area (Å²) in [6.07, 6.45) is 6.56. The van der Waals surface area contributed by atoms with Crippen molar-refractivity contribution in [3.63, 3.8) is 0 Å². The summed E-state index contributed by atoms with van der Waals surface area (Å²) in [5, 5.41) is 12.2. The van der Waals surface area contributed by atoms with Crippen LogP contribution in [0.25, 0.3) is 0 Å². The highest BCUT2D eigenvalue weighted by Gasteiger charge is 2.12. The maximum Gasteiger partial charge on any atom is 0.318 e. The molecule has 1 aromatic carbocycles. The first-order chi connectivity index (χ1) is 13.6. The molecule has 0 aliphatic carbocycles. The molecule has 0 unspecified atom stereocenters. The second-order valence-electron chi connectivity index (χ2n) is 6.30. The number of benzene rings is 1. The summed E-state index contributed by atoms with van der Waals surface area (Å²) in [6, 6.07) is 7.44. The number of rotatable bonds is 1. The molecule has 4 N–H and O–H groups in total. The molecule has 3 heterocycles. The van der Waals surface area contributed by atoms with E-state index in [0.29, 0.717) is 16.8 Å². The van der Waals surface area contributed by atoms with E-state index in [1.165, 1.54) is 0 Å². The maximum atomic E-state index is 11.8. The number of anilines is 5. The average molecular weight is 396 g/mol. The third-order valence-electron chi connectivity index (χ3n) is 4.32. The van der Waals surface area contributed by atoms with E-state index in [9.17, 15) is 4.79 Å². The van der Waals surface area contributed by atoms with Gasteiger partial charge in [0.05, 0.1) is 18.1 Å². The van der Waals surface area contributed by atoms with Crippen molar-refractivity contribution in [2.75, 3.05) is 23.0 Å². The van der Waals surface area contributed by atoms with Gasteiger partial charge in [-0.2, -0.15) is 4.98 Å². The van der Waals surface area contributed by atoms with Crippen molar-refractivity contribution in [3.05, 3.63) is 59.0 Å². The SMILES string of the molecule is CNC(=O)Nc1ccc2cc1CCc1cncc(c1)Nc1ncc(Cl)c(n1)N2. The first kappa shape index (κ1) is 18.0. The number of carbonyl (C=O) groups excluding carboxylic acids is 1. The number of aryl methyl sites for hydroxylation is 2. The van der Waals surface area contributed by atoms with Crippen molar-refractivity contribution < 1.29 is 4.79 Å². The molecule has 0 saturated heterocycles. The zero-order valence-corrected chi connectivity index (χ0v) is 15.8. The van der Waals surface area contributed by atoms with Gasteiger partial charge in [0, 0.05) is 24.6 Å². The third-order valence-corrected chi connectivity index (χ3v) is 4.60. The fraction of sp³-hybridized carbons (Fsp3) is 0.158. The van der Waals surface area contributed by atoms with Crippen LogP contribution in [-0.2, 0) is 12.8 Å². The molecule has 0 atom stereocenters. The minimum absolute atomic E-state index is 0.267. The molecular formula is C19H18ClN7O. The number of fused-ring (bicyclic) bond motifs is 6. The number of nitrogens with one attached hydrogen (secondary N) is 4. The third kappa shape index (κ3) is 3.96. The van der Waals surface area contributed by atoms with Crippen LogP contribution in [0.2, 0.25) is 5.02 Å². The highest BCUT2D eigenvalue weighted by molar-refractivity contribution is 6.32. The van der Waals surface area contributed by atoms with Gasteiger partial charge in [-0.3, -0.25) is 4.98 Å². The summed E-state index contributed by atoms with van der Waals surface area (Å²) in [6.45, 7) is 0. The minimum atomic E-state index is -0.267. The molecule has 0 radical (unpaired) electrons. The van der Waals surface area contributed by atoms with Gasteiger partial charge in [-0.25, -0.2) is 9.78 Å². The zero-order chi connectivity index (χ0) is 19.5. The summed E-state index contributed by atoms with van der Waals surface area (Å²) in [4.78, 5) is 24.8. The maximum absolute atomic E-state index is 11.8. The van der Waals surface area contributed by atoms with Crippen molar-refractivity contribution in [2.45, 2.75) is 12.8 Å². The lowest BCUT2D eigenvalue weighted by Crippen LogP contribution is -2.25. The van der Waals surface area contributed by atoms with E-state index in [1.807, 2.05) is 30.5 Å². The lowest BCUT2D eigenvalue weighted by molar-refractivity contribution is 0.254. The van der Waals surface area contributed by atoms with Gasteiger partial charge in [-0.05, 0) is 48.2 Å². The molecule has 1 aliphatic heterocycles. The van der Waals surface area contributed by atoms with E-state index in [1.54, 1.807) is 19.4 Å². The van der Waals surface area contributed by atoms with E-state index in [2.05, 4.69) is 36.2 Å². The number of carbonyl (C=O) groups is 1. The van der Waals surface area contributed by atoms with E-state index in [-0.39, 0.29) is 6.03 Å². The Hall–Kier alpha value is -3.39. The molecule has 6 bridgehead atoms. The largest absolute Gasteiger partial charge is 0.341 e. The van der Waals surface area contributed by atoms with Crippen LogP contribution in [0, 0.1) is 0 Å². The van der Waals surface area contributed by atoms with E-state index >= 15 is 0 Å². The topological polar surface area (TPSA) is 104 Å². The monoisotopic (exact) mass is 395 g/mol. The second-order valence-corrected chi connectivity index (χ2v) is 6.71. The predicted octanol–water partition coefficient (Wildman–Crippen LogP) is 3.86. The standard InChI is InChI=1S/C19H18ClN7O/c1-21-19(28)26-16-5-4-13-7-12(16)3-2-11-6-14(9-22-8-11)25-18-23-10-15(20)17(24-13)27-18/h4-10H,2-3H2,1H3,(H2,21,26,28)(H2,23,24,25,27). The van der Waals surface area contributed by atoms with E-state index in [0.717, 1.165) is 41.0 Å². The highest BCUT2D eigenvalue weighted by atomic mass is 35.5. The number of hydrogen-bond acceptors (Lipinski definition) is 6. The summed E-state index contributed by atoms with van der Waals surface area (Å²) in [7, 11) is 1.58. The molecule has 142 valence electrons. The van der Waals surface area contributed by atoms with Crippen LogP contribution in [0.4, 0.5) is 33.6 Å². The minimum Gasteiger partial charge on any atom is -0.341 e. The molecule has 3 aromatic rings. The Morgan fingerprint density at radius 3 is 2.86 bits per heavy atom. The van der Waals surface area contributed by atoms with Crippen LogP contribution >= 0.6 is 11.6 Å². The molecular weight excluding hydrogens is 378 g/mol. The summed E-state index contributed by atoms with van der Waals surface area (Å²) < 4.78 is 0.